The number of hydrogen-bond acceptors (Lipinski definition) is 4. The largest absolute Gasteiger partial charge is 0.313 e. The van der Waals surface area contributed by atoms with Crippen molar-refractivity contribution in [1.29, 1.82) is 0 Å². The number of nitrogens with one attached hydrogen (secondary N) is 1. The highest BCUT2D eigenvalue weighted by Crippen LogP contribution is 2.18. The lowest BCUT2D eigenvalue weighted by molar-refractivity contribution is 0.610. The van der Waals surface area contributed by atoms with Crippen molar-refractivity contribution in [2.24, 2.45) is 0 Å². The molecule has 1 aromatic carbocycles. The van der Waals surface area contributed by atoms with Crippen LogP contribution in [0.1, 0.15) is 12.5 Å². The maximum Gasteiger partial charge on any atom is 0.160 e. The monoisotopic (exact) mass is 271 g/mol. The Morgan fingerprint density at radius 1 is 1.30 bits per heavy atom. The minimum atomic E-state index is -0.355. The summed E-state index contributed by atoms with van der Waals surface area (Å²) >= 11 is 0. The molecule has 3 rings (SSSR count). The number of pyridine rings is 1. The lowest BCUT2D eigenvalue weighted by Gasteiger charge is -2.09. The highest BCUT2D eigenvalue weighted by Gasteiger charge is 2.12. The van der Waals surface area contributed by atoms with Crippen LogP contribution in [0, 0.1) is 5.82 Å². The number of para-hydroxylation sites is 1. The number of rotatable bonds is 4. The van der Waals surface area contributed by atoms with Gasteiger partial charge in [0.05, 0.1) is 11.7 Å². The van der Waals surface area contributed by atoms with Gasteiger partial charge in [-0.25, -0.2) is 9.37 Å². The van der Waals surface area contributed by atoms with E-state index in [1.165, 1.54) is 12.3 Å². The molecule has 20 heavy (non-hydrogen) atoms. The maximum absolute atomic E-state index is 13.4. The van der Waals surface area contributed by atoms with Crippen molar-refractivity contribution in [2.75, 3.05) is 6.54 Å². The van der Waals surface area contributed by atoms with Crippen molar-refractivity contribution in [3.63, 3.8) is 0 Å². The predicted molar refractivity (Wildman–Crippen MR) is 74.0 cm³/mol. The molecule has 2 aromatic heterocycles. The lowest BCUT2D eigenvalue weighted by Crippen LogP contribution is -2.15. The van der Waals surface area contributed by atoms with Crippen molar-refractivity contribution in [3.05, 3.63) is 47.9 Å². The van der Waals surface area contributed by atoms with Crippen LogP contribution in [0.4, 0.5) is 4.39 Å². The molecule has 0 bridgehead atoms. The first kappa shape index (κ1) is 12.7. The van der Waals surface area contributed by atoms with E-state index in [0.29, 0.717) is 12.4 Å². The highest BCUT2D eigenvalue weighted by molar-refractivity contribution is 5.75. The number of aromatic nitrogens is 4. The first-order valence-electron chi connectivity index (χ1n) is 6.45. The molecule has 6 heteroatoms. The standard InChI is InChI=1S/C14H14FN5/c1-2-16-8-10-7-11(15)9-17-14(10)20-13-6-4-3-5-12(13)18-19-20/h3-7,9,16H,2,8H2,1H3. The van der Waals surface area contributed by atoms with E-state index in [-0.39, 0.29) is 5.82 Å². The van der Waals surface area contributed by atoms with Gasteiger partial charge in [0.15, 0.2) is 5.82 Å². The van der Waals surface area contributed by atoms with E-state index in [2.05, 4.69) is 20.6 Å². The van der Waals surface area contributed by atoms with Crippen LogP contribution in [0.5, 0.6) is 0 Å². The molecule has 0 aliphatic carbocycles. The maximum atomic E-state index is 13.4. The van der Waals surface area contributed by atoms with Gasteiger partial charge < -0.3 is 5.32 Å². The Morgan fingerprint density at radius 2 is 2.15 bits per heavy atom. The fraction of sp³-hybridized carbons (Fsp3) is 0.214. The average molecular weight is 271 g/mol. The number of nitrogens with zero attached hydrogens (tertiary/aromatic N) is 4. The van der Waals surface area contributed by atoms with Gasteiger partial charge in [-0.1, -0.05) is 24.3 Å². The van der Waals surface area contributed by atoms with E-state index in [1.54, 1.807) is 4.68 Å². The van der Waals surface area contributed by atoms with Crippen LogP contribution in [-0.2, 0) is 6.54 Å². The van der Waals surface area contributed by atoms with E-state index < -0.39 is 0 Å². The minimum absolute atomic E-state index is 0.355. The number of benzene rings is 1. The first-order valence-corrected chi connectivity index (χ1v) is 6.45. The van der Waals surface area contributed by atoms with Crippen molar-refractivity contribution in [3.8, 4) is 5.82 Å². The molecule has 3 aromatic rings. The molecule has 0 aliphatic rings. The molecule has 1 N–H and O–H groups in total. The Morgan fingerprint density at radius 3 is 3.00 bits per heavy atom. The van der Waals surface area contributed by atoms with Crippen LogP contribution >= 0.6 is 0 Å². The Balaban J connectivity index is 2.13. The van der Waals surface area contributed by atoms with Gasteiger partial charge in [-0.05, 0) is 24.7 Å². The second-order valence-corrected chi connectivity index (χ2v) is 4.41. The highest BCUT2D eigenvalue weighted by atomic mass is 19.1. The normalized spacial score (nSPS) is 11.1. The van der Waals surface area contributed by atoms with Crippen LogP contribution in [0.15, 0.2) is 36.5 Å². The van der Waals surface area contributed by atoms with Gasteiger partial charge in [0, 0.05) is 12.1 Å². The molecule has 0 unspecified atom stereocenters. The summed E-state index contributed by atoms with van der Waals surface area (Å²) in [6.45, 7) is 3.33. The smallest absolute Gasteiger partial charge is 0.160 e. The van der Waals surface area contributed by atoms with Crippen molar-refractivity contribution in [1.82, 2.24) is 25.3 Å². The SMILES string of the molecule is CCNCc1cc(F)cnc1-n1nnc2ccccc21. The van der Waals surface area contributed by atoms with Crippen molar-refractivity contribution >= 4 is 11.0 Å². The van der Waals surface area contributed by atoms with E-state index in [1.807, 2.05) is 31.2 Å². The summed E-state index contributed by atoms with van der Waals surface area (Å²) in [5, 5.41) is 11.4. The topological polar surface area (TPSA) is 55.6 Å². The molecule has 0 spiro atoms. The summed E-state index contributed by atoms with van der Waals surface area (Å²) in [6.07, 6.45) is 1.20. The molecular weight excluding hydrogens is 257 g/mol. The van der Waals surface area contributed by atoms with Gasteiger partial charge in [0.2, 0.25) is 0 Å². The number of hydrogen-bond donors (Lipinski definition) is 1. The predicted octanol–water partition coefficient (Wildman–Crippen LogP) is 2.06. The second kappa shape index (κ2) is 5.34. The molecule has 102 valence electrons. The quantitative estimate of drug-likeness (QED) is 0.789. The van der Waals surface area contributed by atoms with Gasteiger partial charge in [-0.3, -0.25) is 0 Å². The summed E-state index contributed by atoms with van der Waals surface area (Å²) in [5.74, 6) is 0.243. The summed E-state index contributed by atoms with van der Waals surface area (Å²) in [7, 11) is 0. The van der Waals surface area contributed by atoms with Gasteiger partial charge in [-0.15, -0.1) is 5.10 Å². The van der Waals surface area contributed by atoms with Crippen molar-refractivity contribution < 1.29 is 4.39 Å². The Kier molecular flexibility index (Phi) is 3.39. The van der Waals surface area contributed by atoms with Crippen LogP contribution < -0.4 is 5.32 Å². The van der Waals surface area contributed by atoms with E-state index in [0.717, 1.165) is 23.1 Å². The van der Waals surface area contributed by atoms with Crippen LogP contribution in [-0.4, -0.2) is 26.5 Å². The fourth-order valence-corrected chi connectivity index (χ4v) is 2.08. The molecule has 0 radical (unpaired) electrons. The lowest BCUT2D eigenvalue weighted by atomic mass is 10.2. The summed E-state index contributed by atoms with van der Waals surface area (Å²) < 4.78 is 15.0. The van der Waals surface area contributed by atoms with E-state index in [4.69, 9.17) is 0 Å². The third-order valence-electron chi connectivity index (χ3n) is 3.03. The van der Waals surface area contributed by atoms with Gasteiger partial charge in [0.25, 0.3) is 0 Å². The Labute approximate surface area is 115 Å². The minimum Gasteiger partial charge on any atom is -0.313 e. The summed E-state index contributed by atoms with van der Waals surface area (Å²) in [6, 6.07) is 9.08. The molecular formula is C14H14FN5. The second-order valence-electron chi connectivity index (χ2n) is 4.41. The molecule has 5 nitrogen and oxygen atoms in total. The zero-order valence-corrected chi connectivity index (χ0v) is 11.0. The van der Waals surface area contributed by atoms with E-state index in [9.17, 15) is 4.39 Å². The fourth-order valence-electron chi connectivity index (χ4n) is 2.08. The molecule has 2 heterocycles. The molecule has 0 saturated heterocycles. The number of halogens is 1. The molecule has 0 amide bonds. The van der Waals surface area contributed by atoms with Crippen molar-refractivity contribution in [2.45, 2.75) is 13.5 Å². The summed E-state index contributed by atoms with van der Waals surface area (Å²) in [4.78, 5) is 4.17. The summed E-state index contributed by atoms with van der Waals surface area (Å²) in [5.41, 5.74) is 2.39. The number of fused-ring (bicyclic) bond motifs is 1. The Bertz CT molecular complexity index is 737. The third-order valence-corrected chi connectivity index (χ3v) is 3.03. The van der Waals surface area contributed by atoms with Gasteiger partial charge >= 0.3 is 0 Å². The van der Waals surface area contributed by atoms with E-state index >= 15 is 0 Å². The molecule has 0 saturated carbocycles. The van der Waals surface area contributed by atoms with Crippen LogP contribution in [0.3, 0.4) is 0 Å². The molecule has 0 fully saturated rings. The molecule has 0 atom stereocenters. The van der Waals surface area contributed by atoms with Crippen LogP contribution in [0.2, 0.25) is 0 Å². The van der Waals surface area contributed by atoms with Gasteiger partial charge in [0.1, 0.15) is 11.3 Å². The zero-order valence-electron chi connectivity index (χ0n) is 11.0. The van der Waals surface area contributed by atoms with Gasteiger partial charge in [-0.2, -0.15) is 4.68 Å². The third kappa shape index (κ3) is 2.25. The average Bonchev–Trinajstić information content (AvgIpc) is 2.89. The van der Waals surface area contributed by atoms with Crippen LogP contribution in [0.25, 0.3) is 16.9 Å². The Hall–Kier alpha value is -2.34. The first-order chi connectivity index (χ1) is 9.79. The molecule has 0 aliphatic heterocycles. The zero-order chi connectivity index (χ0) is 13.9.